The van der Waals surface area contributed by atoms with Gasteiger partial charge in [-0.2, -0.15) is 0 Å². The number of benzene rings is 2. The summed E-state index contributed by atoms with van der Waals surface area (Å²) in [5.41, 5.74) is 1.21. The number of carbonyl (C=O) groups is 3. The highest BCUT2D eigenvalue weighted by Crippen LogP contribution is 2.26. The second-order valence-electron chi connectivity index (χ2n) is 6.42. The molecule has 28 heavy (non-hydrogen) atoms. The van der Waals surface area contributed by atoms with E-state index in [-0.39, 0.29) is 37.1 Å². The van der Waals surface area contributed by atoms with Crippen molar-refractivity contribution >= 4 is 29.1 Å². The fourth-order valence-electron chi connectivity index (χ4n) is 2.96. The number of rotatable bonds is 6. The van der Waals surface area contributed by atoms with E-state index in [1.165, 1.54) is 12.1 Å². The van der Waals surface area contributed by atoms with E-state index in [9.17, 15) is 19.5 Å². The molecule has 3 N–H and O–H groups in total. The van der Waals surface area contributed by atoms with E-state index < -0.39 is 11.8 Å². The fraction of sp³-hybridized carbons (Fsp3) is 0.250. The van der Waals surface area contributed by atoms with Crippen molar-refractivity contribution in [3.8, 4) is 11.5 Å². The summed E-state index contributed by atoms with van der Waals surface area (Å²) in [5.74, 6) is -0.613. The minimum Gasteiger partial charge on any atom is -0.508 e. The molecule has 0 saturated carbocycles. The van der Waals surface area contributed by atoms with E-state index in [4.69, 9.17) is 4.74 Å². The summed E-state index contributed by atoms with van der Waals surface area (Å²) in [6, 6.07) is 13.0. The summed E-state index contributed by atoms with van der Waals surface area (Å²) in [6.45, 7) is 0.0590. The van der Waals surface area contributed by atoms with E-state index in [0.717, 1.165) is 0 Å². The maximum Gasteiger partial charge on any atom is 0.243 e. The summed E-state index contributed by atoms with van der Waals surface area (Å²) in [4.78, 5) is 38.1. The zero-order valence-corrected chi connectivity index (χ0v) is 15.3. The molecule has 0 aliphatic carbocycles. The molecule has 8 nitrogen and oxygen atoms in total. The van der Waals surface area contributed by atoms with Gasteiger partial charge in [0.05, 0.1) is 19.6 Å². The third-order valence-corrected chi connectivity index (χ3v) is 4.45. The zero-order valence-electron chi connectivity index (χ0n) is 15.3. The second-order valence-corrected chi connectivity index (χ2v) is 6.42. The van der Waals surface area contributed by atoms with Crippen LogP contribution < -0.4 is 20.3 Å². The Bertz CT molecular complexity index is 864. The molecule has 1 unspecified atom stereocenters. The van der Waals surface area contributed by atoms with Gasteiger partial charge in [-0.15, -0.1) is 0 Å². The van der Waals surface area contributed by atoms with Crippen LogP contribution in [0.5, 0.6) is 11.5 Å². The normalized spacial score (nSPS) is 16.0. The van der Waals surface area contributed by atoms with E-state index in [0.29, 0.717) is 17.1 Å². The summed E-state index contributed by atoms with van der Waals surface area (Å²) in [6.07, 6.45) is 0.0947. The summed E-state index contributed by atoms with van der Waals surface area (Å²) in [5, 5.41) is 14.4. The minimum absolute atomic E-state index is 0.0947. The van der Waals surface area contributed by atoms with Gasteiger partial charge in [0, 0.05) is 24.3 Å². The van der Waals surface area contributed by atoms with Gasteiger partial charge in [-0.05, 0) is 48.5 Å². The number of hydrogen-bond donors (Lipinski definition) is 3. The van der Waals surface area contributed by atoms with Gasteiger partial charge in [0.1, 0.15) is 11.5 Å². The first kappa shape index (κ1) is 19.2. The summed E-state index contributed by atoms with van der Waals surface area (Å²) >= 11 is 0. The van der Waals surface area contributed by atoms with Crippen molar-refractivity contribution in [2.24, 2.45) is 5.92 Å². The number of nitrogens with one attached hydrogen (secondary N) is 2. The molecular formula is C20H21N3O5. The number of phenolic OH excluding ortho intramolecular Hbond substituents is 1. The highest BCUT2D eigenvalue weighted by atomic mass is 16.5. The lowest BCUT2D eigenvalue weighted by molar-refractivity contribution is -0.127. The average Bonchev–Trinajstić information content (AvgIpc) is 3.10. The molecule has 146 valence electrons. The number of carbonyl (C=O) groups excluding carboxylic acids is 3. The summed E-state index contributed by atoms with van der Waals surface area (Å²) < 4.78 is 5.10. The Labute approximate surface area is 162 Å². The Kier molecular flexibility index (Phi) is 5.78. The standard InChI is InChI=1S/C20H21N3O5/c1-28-17-8-4-15(5-9-17)23-12-13(10-19(23)26)20(27)21-11-18(25)22-14-2-6-16(24)7-3-14/h2-9,13,24H,10-12H2,1H3,(H,21,27)(H,22,25). The van der Waals surface area contributed by atoms with Crippen molar-refractivity contribution in [3.05, 3.63) is 48.5 Å². The van der Waals surface area contributed by atoms with Crippen molar-refractivity contribution < 1.29 is 24.2 Å². The van der Waals surface area contributed by atoms with Crippen LogP contribution in [0.1, 0.15) is 6.42 Å². The molecule has 1 heterocycles. The maximum atomic E-state index is 12.3. The molecule has 3 rings (SSSR count). The van der Waals surface area contributed by atoms with Gasteiger partial charge in [0.2, 0.25) is 17.7 Å². The number of aromatic hydroxyl groups is 1. The number of nitrogens with zero attached hydrogens (tertiary/aromatic N) is 1. The fourth-order valence-corrected chi connectivity index (χ4v) is 2.96. The van der Waals surface area contributed by atoms with Crippen molar-refractivity contribution in [2.75, 3.05) is 30.4 Å². The van der Waals surface area contributed by atoms with Crippen LogP contribution in [0.4, 0.5) is 11.4 Å². The molecule has 0 spiro atoms. The molecule has 2 aromatic rings. The number of phenols is 1. The van der Waals surface area contributed by atoms with E-state index in [1.807, 2.05) is 0 Å². The molecule has 0 bridgehead atoms. The van der Waals surface area contributed by atoms with Crippen LogP contribution in [0.2, 0.25) is 0 Å². The number of methoxy groups -OCH3 is 1. The highest BCUT2D eigenvalue weighted by molar-refractivity contribution is 6.01. The zero-order chi connectivity index (χ0) is 20.1. The number of amides is 3. The Balaban J connectivity index is 1.51. The van der Waals surface area contributed by atoms with E-state index in [2.05, 4.69) is 10.6 Å². The van der Waals surface area contributed by atoms with Gasteiger partial charge in [-0.25, -0.2) is 0 Å². The molecule has 1 aliphatic heterocycles. The number of hydrogen-bond acceptors (Lipinski definition) is 5. The molecule has 1 fully saturated rings. The van der Waals surface area contributed by atoms with Gasteiger partial charge in [0.25, 0.3) is 0 Å². The Hall–Kier alpha value is -3.55. The quantitative estimate of drug-likeness (QED) is 0.656. The molecule has 1 saturated heterocycles. The van der Waals surface area contributed by atoms with Gasteiger partial charge in [-0.3, -0.25) is 14.4 Å². The third kappa shape index (κ3) is 4.59. The van der Waals surface area contributed by atoms with Crippen LogP contribution in [0, 0.1) is 5.92 Å². The van der Waals surface area contributed by atoms with Gasteiger partial charge in [-0.1, -0.05) is 0 Å². The molecular weight excluding hydrogens is 362 g/mol. The van der Waals surface area contributed by atoms with Gasteiger partial charge >= 0.3 is 0 Å². The van der Waals surface area contributed by atoms with Gasteiger partial charge in [0.15, 0.2) is 0 Å². The molecule has 0 aromatic heterocycles. The van der Waals surface area contributed by atoms with Gasteiger partial charge < -0.3 is 25.4 Å². The lowest BCUT2D eigenvalue weighted by Crippen LogP contribution is -2.37. The predicted molar refractivity (Wildman–Crippen MR) is 103 cm³/mol. The number of ether oxygens (including phenoxy) is 1. The monoisotopic (exact) mass is 383 g/mol. The van der Waals surface area contributed by atoms with Crippen LogP contribution in [-0.4, -0.2) is 43.0 Å². The SMILES string of the molecule is COc1ccc(N2CC(C(=O)NCC(=O)Nc3ccc(O)cc3)CC2=O)cc1. The smallest absolute Gasteiger partial charge is 0.243 e. The largest absolute Gasteiger partial charge is 0.508 e. The molecule has 0 radical (unpaired) electrons. The summed E-state index contributed by atoms with van der Waals surface area (Å²) in [7, 11) is 1.56. The Morgan fingerprint density at radius 1 is 1.14 bits per heavy atom. The maximum absolute atomic E-state index is 12.3. The van der Waals surface area contributed by atoms with Crippen molar-refractivity contribution in [2.45, 2.75) is 6.42 Å². The predicted octanol–water partition coefficient (Wildman–Crippen LogP) is 1.51. The second kappa shape index (κ2) is 8.43. The van der Waals surface area contributed by atoms with Crippen LogP contribution in [0.15, 0.2) is 48.5 Å². The van der Waals surface area contributed by atoms with Crippen LogP contribution in [0.25, 0.3) is 0 Å². The minimum atomic E-state index is -0.518. The third-order valence-electron chi connectivity index (χ3n) is 4.45. The molecule has 1 atom stereocenters. The average molecular weight is 383 g/mol. The molecule has 1 aliphatic rings. The van der Waals surface area contributed by atoms with Crippen LogP contribution in [0.3, 0.4) is 0 Å². The molecule has 2 aromatic carbocycles. The molecule has 8 heteroatoms. The van der Waals surface area contributed by atoms with Crippen molar-refractivity contribution in [1.29, 1.82) is 0 Å². The number of anilines is 2. The highest BCUT2D eigenvalue weighted by Gasteiger charge is 2.35. The van der Waals surface area contributed by atoms with Crippen molar-refractivity contribution in [3.63, 3.8) is 0 Å². The first-order valence-corrected chi connectivity index (χ1v) is 8.77. The first-order chi connectivity index (χ1) is 13.5. The van der Waals surface area contributed by atoms with Crippen molar-refractivity contribution in [1.82, 2.24) is 5.32 Å². The van der Waals surface area contributed by atoms with E-state index >= 15 is 0 Å². The lowest BCUT2D eigenvalue weighted by atomic mass is 10.1. The van der Waals surface area contributed by atoms with E-state index in [1.54, 1.807) is 48.4 Å². The first-order valence-electron chi connectivity index (χ1n) is 8.77. The topological polar surface area (TPSA) is 108 Å². The van der Waals surface area contributed by atoms with Crippen LogP contribution in [-0.2, 0) is 14.4 Å². The Morgan fingerprint density at radius 3 is 2.46 bits per heavy atom. The van der Waals surface area contributed by atoms with Crippen LogP contribution >= 0.6 is 0 Å². The Morgan fingerprint density at radius 2 is 1.82 bits per heavy atom. The molecule has 3 amide bonds. The lowest BCUT2D eigenvalue weighted by Gasteiger charge is -2.17.